The summed E-state index contributed by atoms with van der Waals surface area (Å²) in [5.74, 6) is -0.807. The predicted molar refractivity (Wildman–Crippen MR) is 125 cm³/mol. The van der Waals surface area contributed by atoms with Crippen molar-refractivity contribution in [2.45, 2.75) is 55.1 Å². The van der Waals surface area contributed by atoms with Crippen molar-refractivity contribution in [1.82, 2.24) is 9.97 Å². The van der Waals surface area contributed by atoms with E-state index in [0.29, 0.717) is 27.6 Å². The summed E-state index contributed by atoms with van der Waals surface area (Å²) in [5.41, 5.74) is 6.44. The van der Waals surface area contributed by atoms with Gasteiger partial charge >= 0.3 is 5.97 Å². The molecule has 2 heterocycles. The molecule has 0 atom stereocenters. The molecule has 0 spiro atoms. The number of H-pyrrole nitrogens is 1. The zero-order valence-corrected chi connectivity index (χ0v) is 20.2. The lowest BCUT2D eigenvalue weighted by atomic mass is 10.0. The highest BCUT2D eigenvalue weighted by atomic mass is 32.1. The highest BCUT2D eigenvalue weighted by molar-refractivity contribution is 7.14. The second-order valence-electron chi connectivity index (χ2n) is 7.98. The van der Waals surface area contributed by atoms with Gasteiger partial charge in [-0.15, -0.1) is 11.3 Å². The van der Waals surface area contributed by atoms with Gasteiger partial charge < -0.3 is 9.72 Å². The molecule has 0 aliphatic rings. The van der Waals surface area contributed by atoms with Crippen molar-refractivity contribution in [3.05, 3.63) is 62.4 Å². The van der Waals surface area contributed by atoms with Gasteiger partial charge in [-0.3, -0.25) is 14.5 Å². The van der Waals surface area contributed by atoms with Gasteiger partial charge in [-0.1, -0.05) is 17.7 Å². The normalized spacial score (nSPS) is 10.8. The monoisotopic (exact) mass is 453 g/mol. The first-order chi connectivity index (χ1) is 15.0. The smallest absolute Gasteiger partial charge is 0.355 e. The van der Waals surface area contributed by atoms with Gasteiger partial charge in [0.15, 0.2) is 10.9 Å². The predicted octanol–water partition coefficient (Wildman–Crippen LogP) is 5.26. The lowest BCUT2D eigenvalue weighted by Gasteiger charge is -2.23. The molecule has 1 aromatic carbocycles. The first-order valence-corrected chi connectivity index (χ1v) is 11.1. The lowest BCUT2D eigenvalue weighted by molar-refractivity contribution is -0.115. The van der Waals surface area contributed by atoms with E-state index in [-0.39, 0.29) is 24.0 Å². The molecule has 7 nitrogen and oxygen atoms in total. The van der Waals surface area contributed by atoms with Gasteiger partial charge in [-0.2, -0.15) is 0 Å². The van der Waals surface area contributed by atoms with Crippen LogP contribution in [0.1, 0.15) is 68.3 Å². The molecule has 3 aromatic rings. The Morgan fingerprint density at radius 1 is 1.06 bits per heavy atom. The number of aromatic nitrogens is 2. The van der Waals surface area contributed by atoms with E-state index in [4.69, 9.17) is 4.74 Å². The van der Waals surface area contributed by atoms with E-state index in [1.807, 2.05) is 32.9 Å². The quantitative estimate of drug-likeness (QED) is 0.406. The van der Waals surface area contributed by atoms with Gasteiger partial charge in [-0.25, -0.2) is 9.78 Å². The number of esters is 1. The van der Waals surface area contributed by atoms with Crippen LogP contribution in [-0.4, -0.2) is 27.6 Å². The molecule has 1 amide bonds. The number of hydrogen-bond donors (Lipinski definition) is 1. The number of aryl methyl sites for hydroxylation is 4. The van der Waals surface area contributed by atoms with Crippen LogP contribution in [0.2, 0.25) is 0 Å². The van der Waals surface area contributed by atoms with Crippen molar-refractivity contribution in [2.75, 3.05) is 4.90 Å². The third kappa shape index (κ3) is 4.50. The van der Waals surface area contributed by atoms with Crippen molar-refractivity contribution in [1.29, 1.82) is 0 Å². The molecule has 1 N–H and O–H groups in total. The Hall–Kier alpha value is -3.26. The molecule has 3 rings (SSSR count). The average Bonchev–Trinajstić information content (AvgIpc) is 3.26. The third-order valence-corrected chi connectivity index (χ3v) is 6.12. The number of rotatable bonds is 6. The van der Waals surface area contributed by atoms with E-state index in [1.165, 1.54) is 25.2 Å². The fraction of sp³-hybridized carbons (Fsp3) is 0.333. The first-order valence-electron chi connectivity index (χ1n) is 10.2. The summed E-state index contributed by atoms with van der Waals surface area (Å²) in [6.07, 6.45) is 0. The molecule has 0 aliphatic heterocycles. The summed E-state index contributed by atoms with van der Waals surface area (Å²) in [5, 5.41) is 2.29. The molecule has 0 saturated carbocycles. The fourth-order valence-electron chi connectivity index (χ4n) is 4.07. The standard InChI is InChI=1S/C24H27N3O4S/c1-12-8-13(2)22(14(3)9-12)27(18(7)29)24-26-19(11-32-24)10-31-23(30)21-15(4)20(17(6)28)16(5)25-21/h8-9,11,25H,10H2,1-7H3. The molecule has 0 bridgehead atoms. The maximum atomic E-state index is 12.6. The molecule has 168 valence electrons. The summed E-state index contributed by atoms with van der Waals surface area (Å²) in [7, 11) is 0. The zero-order valence-electron chi connectivity index (χ0n) is 19.4. The number of anilines is 2. The van der Waals surface area contributed by atoms with Crippen molar-refractivity contribution in [3.8, 4) is 0 Å². The van der Waals surface area contributed by atoms with E-state index >= 15 is 0 Å². The highest BCUT2D eigenvalue weighted by Crippen LogP contribution is 2.34. The largest absolute Gasteiger partial charge is 0.454 e. The van der Waals surface area contributed by atoms with E-state index in [9.17, 15) is 14.4 Å². The fourth-order valence-corrected chi connectivity index (χ4v) is 4.93. The van der Waals surface area contributed by atoms with Crippen LogP contribution in [0.15, 0.2) is 17.5 Å². The molecule has 0 aliphatic carbocycles. The molecule has 0 fully saturated rings. The average molecular weight is 454 g/mol. The Kier molecular flexibility index (Phi) is 6.64. The van der Waals surface area contributed by atoms with Crippen molar-refractivity contribution in [2.24, 2.45) is 0 Å². The minimum Gasteiger partial charge on any atom is -0.454 e. The Labute approximate surface area is 191 Å². The number of ether oxygens (including phenoxy) is 1. The van der Waals surface area contributed by atoms with Crippen LogP contribution in [0, 0.1) is 34.6 Å². The first kappa shape index (κ1) is 23.4. The molecule has 0 radical (unpaired) electrons. The Bertz CT molecular complexity index is 1200. The molecular weight excluding hydrogens is 426 g/mol. The maximum absolute atomic E-state index is 12.6. The summed E-state index contributed by atoms with van der Waals surface area (Å²) in [4.78, 5) is 45.9. The van der Waals surface area contributed by atoms with Crippen LogP contribution in [0.5, 0.6) is 0 Å². The van der Waals surface area contributed by atoms with E-state index in [1.54, 1.807) is 24.1 Å². The number of hydrogen-bond acceptors (Lipinski definition) is 6. The van der Waals surface area contributed by atoms with E-state index < -0.39 is 5.97 Å². The van der Waals surface area contributed by atoms with Gasteiger partial charge in [-0.05, 0) is 58.2 Å². The van der Waals surface area contributed by atoms with Gasteiger partial charge in [0, 0.05) is 23.6 Å². The molecule has 32 heavy (non-hydrogen) atoms. The second kappa shape index (κ2) is 9.08. The summed E-state index contributed by atoms with van der Waals surface area (Å²) in [6.45, 7) is 12.4. The summed E-state index contributed by atoms with van der Waals surface area (Å²) in [6, 6.07) is 4.06. The van der Waals surface area contributed by atoms with Crippen molar-refractivity contribution >= 4 is 39.8 Å². The molecule has 8 heteroatoms. The van der Waals surface area contributed by atoms with Gasteiger partial charge in [0.2, 0.25) is 5.91 Å². The van der Waals surface area contributed by atoms with E-state index in [2.05, 4.69) is 9.97 Å². The van der Waals surface area contributed by atoms with Gasteiger partial charge in [0.25, 0.3) is 0 Å². The van der Waals surface area contributed by atoms with Crippen LogP contribution in [0.3, 0.4) is 0 Å². The van der Waals surface area contributed by atoms with Crippen LogP contribution < -0.4 is 4.90 Å². The number of carbonyl (C=O) groups is 3. The van der Waals surface area contributed by atoms with Crippen LogP contribution in [0.4, 0.5) is 10.8 Å². The molecule has 2 aromatic heterocycles. The maximum Gasteiger partial charge on any atom is 0.355 e. The number of nitrogens with one attached hydrogen (secondary N) is 1. The van der Waals surface area contributed by atoms with Crippen molar-refractivity contribution < 1.29 is 19.1 Å². The number of amides is 1. The third-order valence-electron chi connectivity index (χ3n) is 5.25. The van der Waals surface area contributed by atoms with Crippen LogP contribution in [0.25, 0.3) is 0 Å². The number of ketones is 1. The SMILES string of the molecule is CC(=O)c1c(C)[nH]c(C(=O)OCc2csc(N(C(C)=O)c3c(C)cc(C)cc3C)n2)c1C. The van der Waals surface area contributed by atoms with Gasteiger partial charge in [0.05, 0.1) is 11.4 Å². The topological polar surface area (TPSA) is 92.4 Å². The van der Waals surface area contributed by atoms with Crippen LogP contribution >= 0.6 is 11.3 Å². The minimum absolute atomic E-state index is 0.0418. The molecule has 0 saturated heterocycles. The zero-order chi connectivity index (χ0) is 23.7. The number of benzene rings is 1. The van der Waals surface area contributed by atoms with E-state index in [0.717, 1.165) is 22.4 Å². The number of Topliss-reactive ketones (excluding diaryl/α,β-unsaturated/α-hetero) is 1. The Balaban J connectivity index is 1.81. The Morgan fingerprint density at radius 3 is 2.22 bits per heavy atom. The number of nitrogens with zero attached hydrogens (tertiary/aromatic N) is 2. The minimum atomic E-state index is -0.554. The number of thiazole rings is 1. The van der Waals surface area contributed by atoms with Crippen LogP contribution in [-0.2, 0) is 16.1 Å². The number of carbonyl (C=O) groups excluding carboxylic acids is 3. The molecule has 0 unspecified atom stereocenters. The van der Waals surface area contributed by atoms with Gasteiger partial charge in [0.1, 0.15) is 12.3 Å². The van der Waals surface area contributed by atoms with Crippen molar-refractivity contribution in [3.63, 3.8) is 0 Å². The molecular formula is C24H27N3O4S. The summed E-state index contributed by atoms with van der Waals surface area (Å²) < 4.78 is 5.42. The highest BCUT2D eigenvalue weighted by Gasteiger charge is 2.23. The summed E-state index contributed by atoms with van der Waals surface area (Å²) >= 11 is 1.31. The lowest BCUT2D eigenvalue weighted by Crippen LogP contribution is -2.24. The second-order valence-corrected chi connectivity index (χ2v) is 8.82. The Morgan fingerprint density at radius 2 is 1.69 bits per heavy atom. The number of aromatic amines is 1.